The summed E-state index contributed by atoms with van der Waals surface area (Å²) in [6.07, 6.45) is 0.773. The van der Waals surface area contributed by atoms with Crippen LogP contribution in [0.25, 0.3) is 16.6 Å². The third-order valence-electron chi connectivity index (χ3n) is 6.78. The maximum atomic E-state index is 13.0. The summed E-state index contributed by atoms with van der Waals surface area (Å²) in [6, 6.07) is 33.4. The van der Waals surface area contributed by atoms with Crippen molar-refractivity contribution in [2.24, 2.45) is 0 Å². The van der Waals surface area contributed by atoms with Crippen molar-refractivity contribution in [3.63, 3.8) is 0 Å². The van der Waals surface area contributed by atoms with Crippen LogP contribution < -0.4 is 5.32 Å². The van der Waals surface area contributed by atoms with Crippen molar-refractivity contribution in [1.29, 1.82) is 0 Å². The van der Waals surface area contributed by atoms with Gasteiger partial charge in [0.1, 0.15) is 0 Å². The molecule has 192 valence electrons. The van der Waals surface area contributed by atoms with Gasteiger partial charge in [0.2, 0.25) is 0 Å². The van der Waals surface area contributed by atoms with Crippen LogP contribution in [0.1, 0.15) is 39.7 Å². The zero-order chi connectivity index (χ0) is 26.7. The van der Waals surface area contributed by atoms with E-state index in [0.717, 1.165) is 34.3 Å². The van der Waals surface area contributed by atoms with Crippen LogP contribution in [0.4, 0.5) is 0 Å². The second kappa shape index (κ2) is 10.7. The van der Waals surface area contributed by atoms with Crippen molar-refractivity contribution in [1.82, 2.24) is 9.88 Å². The predicted octanol–water partition coefficient (Wildman–Crippen LogP) is 6.25. The number of carbonyl (C=O) groups excluding carboxylic acids is 1. The minimum atomic E-state index is -3.24. The molecule has 0 atom stereocenters. The number of fused-ring (bicyclic) bond motifs is 1. The largest absolute Gasteiger partial charge is 0.348 e. The van der Waals surface area contributed by atoms with Gasteiger partial charge in [0.25, 0.3) is 5.91 Å². The second-order valence-electron chi connectivity index (χ2n) is 9.47. The van der Waals surface area contributed by atoms with E-state index >= 15 is 0 Å². The van der Waals surface area contributed by atoms with E-state index in [2.05, 4.69) is 59.3 Å². The number of amides is 1. The first-order valence-electron chi connectivity index (χ1n) is 12.7. The lowest BCUT2D eigenvalue weighted by atomic mass is 10.1. The third kappa shape index (κ3) is 5.41. The number of nitrogens with one attached hydrogen (secondary N) is 1. The van der Waals surface area contributed by atoms with Gasteiger partial charge in [0, 0.05) is 35.3 Å². The molecule has 0 aliphatic heterocycles. The summed E-state index contributed by atoms with van der Waals surface area (Å²) in [7, 11) is -3.24. The Balaban J connectivity index is 1.40. The van der Waals surface area contributed by atoms with Crippen molar-refractivity contribution < 1.29 is 13.2 Å². The van der Waals surface area contributed by atoms with E-state index in [-0.39, 0.29) is 11.7 Å². The van der Waals surface area contributed by atoms with E-state index in [4.69, 9.17) is 0 Å². The summed E-state index contributed by atoms with van der Waals surface area (Å²) in [5.41, 5.74) is 7.15. The van der Waals surface area contributed by atoms with Gasteiger partial charge in [-0.3, -0.25) is 4.79 Å². The van der Waals surface area contributed by atoms with Gasteiger partial charge < -0.3 is 9.88 Å². The van der Waals surface area contributed by atoms with Crippen molar-refractivity contribution in [2.45, 2.75) is 31.7 Å². The van der Waals surface area contributed by atoms with Gasteiger partial charge in [-0.1, -0.05) is 67.1 Å². The molecular weight excluding hydrogens is 492 g/mol. The molecule has 0 radical (unpaired) electrons. The van der Waals surface area contributed by atoms with Gasteiger partial charge in [0.15, 0.2) is 9.84 Å². The number of hydrogen-bond acceptors (Lipinski definition) is 3. The van der Waals surface area contributed by atoms with Crippen molar-refractivity contribution >= 4 is 26.6 Å². The van der Waals surface area contributed by atoms with Gasteiger partial charge >= 0.3 is 0 Å². The van der Waals surface area contributed by atoms with E-state index in [9.17, 15) is 13.2 Å². The van der Waals surface area contributed by atoms with Crippen molar-refractivity contribution in [3.8, 4) is 5.69 Å². The number of rotatable bonds is 8. The Kier molecular flexibility index (Phi) is 7.16. The van der Waals surface area contributed by atoms with Gasteiger partial charge in [-0.15, -0.1) is 0 Å². The van der Waals surface area contributed by atoms with E-state index in [1.165, 1.54) is 11.1 Å². The number of aromatic nitrogens is 1. The molecule has 5 nitrogen and oxygen atoms in total. The zero-order valence-corrected chi connectivity index (χ0v) is 22.3. The number of hydrogen-bond donors (Lipinski definition) is 1. The molecule has 1 heterocycles. The van der Waals surface area contributed by atoms with E-state index < -0.39 is 9.84 Å². The van der Waals surface area contributed by atoms with Crippen LogP contribution in [-0.2, 0) is 22.8 Å². The quantitative estimate of drug-likeness (QED) is 0.262. The Labute approximate surface area is 223 Å². The molecule has 1 aromatic heterocycles. The Morgan fingerprint density at radius 1 is 0.816 bits per heavy atom. The second-order valence-corrected chi connectivity index (χ2v) is 11.8. The summed E-state index contributed by atoms with van der Waals surface area (Å²) in [6.45, 7) is 4.02. The van der Waals surface area contributed by atoms with Gasteiger partial charge in [-0.2, -0.15) is 0 Å². The molecule has 5 aromatic rings. The van der Waals surface area contributed by atoms with Gasteiger partial charge in [-0.05, 0) is 66.6 Å². The van der Waals surface area contributed by atoms with E-state index in [0.29, 0.717) is 17.0 Å². The van der Waals surface area contributed by atoms with Crippen molar-refractivity contribution in [3.05, 3.63) is 131 Å². The van der Waals surface area contributed by atoms with Crippen molar-refractivity contribution in [2.75, 3.05) is 5.75 Å². The Morgan fingerprint density at radius 3 is 2.18 bits per heavy atom. The summed E-state index contributed by atoms with van der Waals surface area (Å²) >= 11 is 0. The fourth-order valence-electron chi connectivity index (χ4n) is 4.61. The van der Waals surface area contributed by atoms with Crippen LogP contribution in [0, 0.1) is 6.92 Å². The molecule has 0 saturated heterocycles. The monoisotopic (exact) mass is 522 g/mol. The molecule has 1 amide bonds. The molecule has 0 bridgehead atoms. The molecule has 4 aromatic carbocycles. The third-order valence-corrected chi connectivity index (χ3v) is 8.53. The minimum Gasteiger partial charge on any atom is -0.348 e. The smallest absolute Gasteiger partial charge is 0.251 e. The molecule has 0 aliphatic carbocycles. The maximum absolute atomic E-state index is 13.0. The molecule has 1 N–H and O–H groups in total. The molecule has 0 aliphatic rings. The van der Waals surface area contributed by atoms with E-state index in [1.54, 1.807) is 31.2 Å². The zero-order valence-electron chi connectivity index (χ0n) is 21.5. The van der Waals surface area contributed by atoms with Crippen LogP contribution in [0.3, 0.4) is 0 Å². The lowest BCUT2D eigenvalue weighted by Gasteiger charge is -2.12. The molecule has 0 fully saturated rings. The highest BCUT2D eigenvalue weighted by molar-refractivity contribution is 7.91. The van der Waals surface area contributed by atoms with Crippen LogP contribution in [0.2, 0.25) is 0 Å². The van der Waals surface area contributed by atoms with E-state index in [1.807, 2.05) is 36.4 Å². The SMILES string of the molecule is CCS(=O)(=O)c1ccc(CNC(=O)c2ccc3c(c2)cc(Cc2ccc(C)cc2)n3-c2ccccc2)cc1. The Hall–Kier alpha value is -4.16. The summed E-state index contributed by atoms with van der Waals surface area (Å²) in [5.74, 6) is -0.116. The standard InChI is InChI=1S/C32H30N2O3S/c1-3-38(36,37)30-16-13-25(14-17-30)22-33-32(35)26-15-18-31-27(20-26)21-29(19-24-11-9-23(2)10-12-24)34(31)28-7-5-4-6-8-28/h4-18,20-21H,3,19,22H2,1-2H3,(H,33,35). The molecule has 38 heavy (non-hydrogen) atoms. The molecule has 0 unspecified atom stereocenters. The summed E-state index contributed by atoms with van der Waals surface area (Å²) < 4.78 is 26.3. The first kappa shape index (κ1) is 25.5. The highest BCUT2D eigenvalue weighted by Crippen LogP contribution is 2.27. The first-order valence-corrected chi connectivity index (χ1v) is 14.3. The molecule has 0 saturated carbocycles. The maximum Gasteiger partial charge on any atom is 0.251 e. The van der Waals surface area contributed by atoms with Crippen LogP contribution >= 0.6 is 0 Å². The summed E-state index contributed by atoms with van der Waals surface area (Å²) in [5, 5.41) is 3.95. The number of carbonyl (C=O) groups is 1. The molecular formula is C32H30N2O3S. The lowest BCUT2D eigenvalue weighted by molar-refractivity contribution is 0.0951. The van der Waals surface area contributed by atoms with Crippen LogP contribution in [0.5, 0.6) is 0 Å². The van der Waals surface area contributed by atoms with Gasteiger partial charge in [0.05, 0.1) is 16.2 Å². The average molecular weight is 523 g/mol. The number of sulfone groups is 1. The molecule has 0 spiro atoms. The highest BCUT2D eigenvalue weighted by Gasteiger charge is 2.15. The number of aryl methyl sites for hydroxylation is 1. The number of para-hydroxylation sites is 1. The molecule has 5 rings (SSSR count). The van der Waals surface area contributed by atoms with Crippen LogP contribution in [-0.4, -0.2) is 24.6 Å². The van der Waals surface area contributed by atoms with Gasteiger partial charge in [-0.25, -0.2) is 8.42 Å². The average Bonchev–Trinajstić information content (AvgIpc) is 3.30. The fraction of sp³-hybridized carbons (Fsp3) is 0.156. The Morgan fingerprint density at radius 2 is 1.50 bits per heavy atom. The van der Waals surface area contributed by atoms with Crippen LogP contribution in [0.15, 0.2) is 108 Å². The lowest BCUT2D eigenvalue weighted by Crippen LogP contribution is -2.22. The topological polar surface area (TPSA) is 68.2 Å². The highest BCUT2D eigenvalue weighted by atomic mass is 32.2. The Bertz CT molecular complexity index is 1690. The number of benzene rings is 4. The normalized spacial score (nSPS) is 11.5. The number of nitrogens with zero attached hydrogens (tertiary/aromatic N) is 1. The minimum absolute atomic E-state index is 0.0598. The fourth-order valence-corrected chi connectivity index (χ4v) is 5.49. The first-order chi connectivity index (χ1) is 18.3. The predicted molar refractivity (Wildman–Crippen MR) is 153 cm³/mol. The molecule has 6 heteroatoms. The summed E-state index contributed by atoms with van der Waals surface area (Å²) in [4.78, 5) is 13.3.